The topological polar surface area (TPSA) is 6.48 Å². The second kappa shape index (κ2) is 6.89. The Morgan fingerprint density at radius 3 is 2.46 bits per heavy atom. The van der Waals surface area contributed by atoms with E-state index in [0.717, 1.165) is 24.9 Å². The molecule has 2 fully saturated rings. The number of hydrogen-bond donors (Lipinski definition) is 0. The molecule has 0 spiro atoms. The van der Waals surface area contributed by atoms with E-state index in [0.29, 0.717) is 0 Å². The number of aryl methyl sites for hydroxylation is 1. The van der Waals surface area contributed by atoms with Crippen LogP contribution in [-0.2, 0) is 0 Å². The van der Waals surface area contributed by atoms with Crippen molar-refractivity contribution in [1.29, 1.82) is 0 Å². The number of halogens is 1. The van der Waals surface area contributed by atoms with Crippen LogP contribution in [0.15, 0.2) is 53.0 Å². The first-order chi connectivity index (χ1) is 11.7. The van der Waals surface area contributed by atoms with Gasteiger partial charge in [-0.3, -0.25) is 4.90 Å². The molecule has 1 saturated carbocycles. The SMILES string of the molecule is Cc1cc(N2CCN(CC3CC3c3ccccc3)CC2)ccc1Br. The average Bonchev–Trinajstić information content (AvgIpc) is 3.38. The summed E-state index contributed by atoms with van der Waals surface area (Å²) in [7, 11) is 0. The summed E-state index contributed by atoms with van der Waals surface area (Å²) in [6.07, 6.45) is 1.37. The first kappa shape index (κ1) is 16.2. The summed E-state index contributed by atoms with van der Waals surface area (Å²) >= 11 is 3.60. The van der Waals surface area contributed by atoms with Crippen LogP contribution in [-0.4, -0.2) is 37.6 Å². The Bertz CT molecular complexity index is 692. The van der Waals surface area contributed by atoms with Crippen LogP contribution < -0.4 is 4.90 Å². The molecular formula is C21H25BrN2. The normalized spacial score (nSPS) is 24.2. The van der Waals surface area contributed by atoms with Crippen LogP contribution in [0, 0.1) is 12.8 Å². The van der Waals surface area contributed by atoms with Crippen LogP contribution in [0.25, 0.3) is 0 Å². The molecule has 2 unspecified atom stereocenters. The summed E-state index contributed by atoms with van der Waals surface area (Å²) < 4.78 is 1.20. The lowest BCUT2D eigenvalue weighted by molar-refractivity contribution is 0.246. The van der Waals surface area contributed by atoms with Gasteiger partial charge in [0.25, 0.3) is 0 Å². The smallest absolute Gasteiger partial charge is 0.0370 e. The van der Waals surface area contributed by atoms with E-state index in [-0.39, 0.29) is 0 Å². The molecule has 0 bridgehead atoms. The van der Waals surface area contributed by atoms with Gasteiger partial charge in [0.15, 0.2) is 0 Å². The molecule has 1 saturated heterocycles. The Balaban J connectivity index is 1.29. The Morgan fingerprint density at radius 2 is 1.75 bits per heavy atom. The monoisotopic (exact) mass is 384 g/mol. The van der Waals surface area contributed by atoms with Gasteiger partial charge in [-0.2, -0.15) is 0 Å². The van der Waals surface area contributed by atoms with E-state index in [4.69, 9.17) is 0 Å². The number of hydrogen-bond acceptors (Lipinski definition) is 2. The summed E-state index contributed by atoms with van der Waals surface area (Å²) in [5.41, 5.74) is 4.22. The molecule has 1 heterocycles. The molecule has 2 aromatic rings. The highest BCUT2D eigenvalue weighted by molar-refractivity contribution is 9.10. The molecule has 2 atom stereocenters. The minimum Gasteiger partial charge on any atom is -0.369 e. The predicted molar refractivity (Wildman–Crippen MR) is 105 cm³/mol. The van der Waals surface area contributed by atoms with Crippen LogP contribution in [0.3, 0.4) is 0 Å². The third-order valence-corrected chi connectivity index (χ3v) is 6.41. The summed E-state index contributed by atoms with van der Waals surface area (Å²) in [4.78, 5) is 5.19. The fourth-order valence-corrected chi connectivity index (χ4v) is 4.15. The van der Waals surface area contributed by atoms with Gasteiger partial charge in [-0.1, -0.05) is 46.3 Å². The maximum Gasteiger partial charge on any atom is 0.0370 e. The van der Waals surface area contributed by atoms with E-state index in [9.17, 15) is 0 Å². The number of rotatable bonds is 4. The van der Waals surface area contributed by atoms with Crippen molar-refractivity contribution in [2.45, 2.75) is 19.3 Å². The van der Waals surface area contributed by atoms with Crippen molar-refractivity contribution in [3.8, 4) is 0 Å². The van der Waals surface area contributed by atoms with Gasteiger partial charge in [-0.15, -0.1) is 0 Å². The molecule has 2 nitrogen and oxygen atoms in total. The van der Waals surface area contributed by atoms with E-state index in [1.54, 1.807) is 0 Å². The molecule has 0 N–H and O–H groups in total. The molecule has 2 aromatic carbocycles. The Labute approximate surface area is 153 Å². The standard InChI is InChI=1S/C21H25BrN2/c1-16-13-19(7-8-21(16)22)24-11-9-23(10-12-24)15-18-14-20(18)17-5-3-2-4-6-17/h2-8,13,18,20H,9-12,14-15H2,1H3. The quantitative estimate of drug-likeness (QED) is 0.754. The third kappa shape index (κ3) is 3.52. The molecule has 0 amide bonds. The first-order valence-corrected chi connectivity index (χ1v) is 9.78. The van der Waals surface area contributed by atoms with E-state index >= 15 is 0 Å². The van der Waals surface area contributed by atoms with Crippen LogP contribution in [0.2, 0.25) is 0 Å². The zero-order chi connectivity index (χ0) is 16.5. The van der Waals surface area contributed by atoms with Gasteiger partial charge < -0.3 is 4.90 Å². The summed E-state index contributed by atoms with van der Waals surface area (Å²) in [6.45, 7) is 8.10. The maximum atomic E-state index is 3.60. The lowest BCUT2D eigenvalue weighted by atomic mass is 10.1. The van der Waals surface area contributed by atoms with Gasteiger partial charge >= 0.3 is 0 Å². The maximum absolute atomic E-state index is 3.60. The molecule has 0 aromatic heterocycles. The van der Waals surface area contributed by atoms with Crippen LogP contribution in [0.5, 0.6) is 0 Å². The highest BCUT2D eigenvalue weighted by Crippen LogP contribution is 2.47. The lowest BCUT2D eigenvalue weighted by Gasteiger charge is -2.36. The van der Waals surface area contributed by atoms with Gasteiger partial charge in [0, 0.05) is 42.9 Å². The second-order valence-electron chi connectivity index (χ2n) is 7.23. The number of benzene rings is 2. The first-order valence-electron chi connectivity index (χ1n) is 8.99. The van der Waals surface area contributed by atoms with Crippen LogP contribution in [0.4, 0.5) is 5.69 Å². The molecule has 24 heavy (non-hydrogen) atoms. The largest absolute Gasteiger partial charge is 0.369 e. The third-order valence-electron chi connectivity index (χ3n) is 5.52. The van der Waals surface area contributed by atoms with Crippen molar-refractivity contribution in [3.63, 3.8) is 0 Å². The molecule has 1 aliphatic carbocycles. The van der Waals surface area contributed by atoms with Crippen molar-refractivity contribution in [2.75, 3.05) is 37.6 Å². The molecule has 3 heteroatoms. The second-order valence-corrected chi connectivity index (χ2v) is 8.09. The van der Waals surface area contributed by atoms with Gasteiger partial charge in [-0.05, 0) is 54.5 Å². The molecule has 126 valence electrons. The Hall–Kier alpha value is -1.32. The molecular weight excluding hydrogens is 360 g/mol. The van der Waals surface area contributed by atoms with Crippen molar-refractivity contribution >= 4 is 21.6 Å². The fraction of sp³-hybridized carbons (Fsp3) is 0.429. The lowest BCUT2D eigenvalue weighted by Crippen LogP contribution is -2.47. The van der Waals surface area contributed by atoms with Crippen molar-refractivity contribution in [1.82, 2.24) is 4.90 Å². The van der Waals surface area contributed by atoms with Gasteiger partial charge in [-0.25, -0.2) is 0 Å². The minimum absolute atomic E-state index is 0.804. The Kier molecular flexibility index (Phi) is 4.64. The van der Waals surface area contributed by atoms with E-state index < -0.39 is 0 Å². The highest BCUT2D eigenvalue weighted by Gasteiger charge is 2.39. The van der Waals surface area contributed by atoms with E-state index in [2.05, 4.69) is 81.2 Å². The summed E-state index contributed by atoms with van der Waals surface area (Å²) in [6, 6.07) is 17.7. The van der Waals surface area contributed by atoms with Crippen LogP contribution in [0.1, 0.15) is 23.5 Å². The molecule has 4 rings (SSSR count). The summed E-state index contributed by atoms with van der Waals surface area (Å²) in [5, 5.41) is 0. The van der Waals surface area contributed by atoms with E-state index in [1.807, 2.05) is 0 Å². The zero-order valence-electron chi connectivity index (χ0n) is 14.3. The molecule has 1 aliphatic heterocycles. The molecule has 2 aliphatic rings. The van der Waals surface area contributed by atoms with Crippen LogP contribution >= 0.6 is 15.9 Å². The summed E-state index contributed by atoms with van der Waals surface area (Å²) in [5.74, 6) is 1.67. The average molecular weight is 385 g/mol. The minimum atomic E-state index is 0.804. The number of nitrogens with zero attached hydrogens (tertiary/aromatic N) is 2. The zero-order valence-corrected chi connectivity index (χ0v) is 15.9. The molecule has 0 radical (unpaired) electrons. The van der Waals surface area contributed by atoms with Crippen molar-refractivity contribution in [3.05, 3.63) is 64.1 Å². The van der Waals surface area contributed by atoms with Gasteiger partial charge in [0.1, 0.15) is 0 Å². The van der Waals surface area contributed by atoms with Gasteiger partial charge in [0.2, 0.25) is 0 Å². The fourth-order valence-electron chi connectivity index (χ4n) is 3.90. The Morgan fingerprint density at radius 1 is 1.00 bits per heavy atom. The van der Waals surface area contributed by atoms with E-state index in [1.165, 1.54) is 47.3 Å². The van der Waals surface area contributed by atoms with Crippen molar-refractivity contribution < 1.29 is 0 Å². The van der Waals surface area contributed by atoms with Gasteiger partial charge in [0.05, 0.1) is 0 Å². The number of piperazine rings is 1. The van der Waals surface area contributed by atoms with Crippen molar-refractivity contribution in [2.24, 2.45) is 5.92 Å². The highest BCUT2D eigenvalue weighted by atomic mass is 79.9. The number of anilines is 1. The predicted octanol–water partition coefficient (Wildman–Crippen LogP) is 4.68.